The van der Waals surface area contributed by atoms with Crippen molar-refractivity contribution in [2.24, 2.45) is 5.73 Å². The summed E-state index contributed by atoms with van der Waals surface area (Å²) >= 11 is 0. The first-order valence-electron chi connectivity index (χ1n) is 3.83. The van der Waals surface area contributed by atoms with Gasteiger partial charge >= 0.3 is 6.03 Å². The quantitative estimate of drug-likeness (QED) is 0.604. The minimum Gasteiger partial charge on any atom is -0.379 e. The normalized spacial score (nSPS) is 30.3. The zero-order chi connectivity index (χ0) is 8.27. The summed E-state index contributed by atoms with van der Waals surface area (Å²) in [6.45, 7) is 0. The maximum Gasteiger partial charge on any atom is 0.312 e. The van der Waals surface area contributed by atoms with Crippen molar-refractivity contribution in [2.45, 2.75) is 31.4 Å². The second-order valence-electron chi connectivity index (χ2n) is 2.82. The van der Waals surface area contributed by atoms with Crippen molar-refractivity contribution in [3.8, 4) is 0 Å². The lowest BCUT2D eigenvalue weighted by Crippen LogP contribution is -2.43. The number of amides is 2. The molecule has 64 valence electrons. The first kappa shape index (κ1) is 8.33. The van der Waals surface area contributed by atoms with Crippen LogP contribution in [-0.2, 0) is 4.74 Å². The predicted octanol–water partition coefficient (Wildman–Crippen LogP) is 0.222. The summed E-state index contributed by atoms with van der Waals surface area (Å²) in [5, 5.41) is 2.66. The van der Waals surface area contributed by atoms with Crippen LogP contribution >= 0.6 is 0 Å². The van der Waals surface area contributed by atoms with Gasteiger partial charge in [0.2, 0.25) is 0 Å². The number of ether oxygens (including phenoxy) is 1. The molecule has 0 aromatic heterocycles. The zero-order valence-corrected chi connectivity index (χ0v) is 6.67. The minimum absolute atomic E-state index is 0.123. The molecule has 2 unspecified atom stereocenters. The Bertz CT molecular complexity index is 149. The van der Waals surface area contributed by atoms with Crippen molar-refractivity contribution in [1.82, 2.24) is 5.32 Å². The van der Waals surface area contributed by atoms with E-state index in [0.717, 1.165) is 19.3 Å². The van der Waals surface area contributed by atoms with Crippen LogP contribution in [0.1, 0.15) is 19.3 Å². The Morgan fingerprint density at radius 1 is 1.64 bits per heavy atom. The molecule has 11 heavy (non-hydrogen) atoms. The molecule has 1 aliphatic carbocycles. The molecule has 0 aromatic carbocycles. The standard InChI is InChI=1S/C7H14N2O2/c1-11-6-4-2-3-5(6)9-7(8)10/h5-6H,2-4H2,1H3,(H3,8,9,10). The Balaban J connectivity index is 2.37. The number of hydrogen-bond acceptors (Lipinski definition) is 2. The van der Waals surface area contributed by atoms with Crippen LogP contribution in [0, 0.1) is 0 Å². The molecule has 0 radical (unpaired) electrons. The van der Waals surface area contributed by atoms with Crippen molar-refractivity contribution in [3.05, 3.63) is 0 Å². The van der Waals surface area contributed by atoms with Crippen molar-refractivity contribution >= 4 is 6.03 Å². The van der Waals surface area contributed by atoms with E-state index < -0.39 is 6.03 Å². The van der Waals surface area contributed by atoms with Crippen LogP contribution in [0.4, 0.5) is 4.79 Å². The van der Waals surface area contributed by atoms with Crippen LogP contribution in [0.5, 0.6) is 0 Å². The summed E-state index contributed by atoms with van der Waals surface area (Å²) in [6, 6.07) is -0.337. The van der Waals surface area contributed by atoms with Gasteiger partial charge in [0.1, 0.15) is 0 Å². The van der Waals surface area contributed by atoms with Crippen molar-refractivity contribution < 1.29 is 9.53 Å². The Labute approximate surface area is 66.1 Å². The first-order chi connectivity index (χ1) is 5.24. The summed E-state index contributed by atoms with van der Waals surface area (Å²) in [5.41, 5.74) is 4.98. The Hall–Kier alpha value is -0.770. The average Bonchev–Trinajstić information content (AvgIpc) is 2.34. The van der Waals surface area contributed by atoms with Crippen molar-refractivity contribution in [3.63, 3.8) is 0 Å². The van der Waals surface area contributed by atoms with Gasteiger partial charge in [-0.25, -0.2) is 4.79 Å². The Morgan fingerprint density at radius 2 is 2.36 bits per heavy atom. The van der Waals surface area contributed by atoms with Crippen LogP contribution in [0.2, 0.25) is 0 Å². The lowest BCUT2D eigenvalue weighted by Gasteiger charge is -2.17. The van der Waals surface area contributed by atoms with Gasteiger partial charge < -0.3 is 15.8 Å². The second-order valence-corrected chi connectivity index (χ2v) is 2.82. The van der Waals surface area contributed by atoms with Gasteiger partial charge in [0.15, 0.2) is 0 Å². The third-order valence-electron chi connectivity index (χ3n) is 2.08. The topological polar surface area (TPSA) is 64.3 Å². The number of carbonyl (C=O) groups is 1. The van der Waals surface area contributed by atoms with Crippen LogP contribution in [0.25, 0.3) is 0 Å². The monoisotopic (exact) mass is 158 g/mol. The average molecular weight is 158 g/mol. The molecule has 1 saturated carbocycles. The van der Waals surface area contributed by atoms with E-state index in [1.807, 2.05) is 0 Å². The highest BCUT2D eigenvalue weighted by molar-refractivity contribution is 5.72. The van der Waals surface area contributed by atoms with Gasteiger partial charge in [0.25, 0.3) is 0 Å². The lowest BCUT2D eigenvalue weighted by molar-refractivity contribution is 0.0880. The van der Waals surface area contributed by atoms with Crippen LogP contribution in [0.3, 0.4) is 0 Å². The molecule has 0 aromatic rings. The molecule has 0 saturated heterocycles. The Morgan fingerprint density at radius 3 is 2.91 bits per heavy atom. The third-order valence-corrected chi connectivity index (χ3v) is 2.08. The van der Waals surface area contributed by atoms with E-state index in [9.17, 15) is 4.79 Å². The van der Waals surface area contributed by atoms with Gasteiger partial charge in [0.05, 0.1) is 12.1 Å². The van der Waals surface area contributed by atoms with Gasteiger partial charge in [-0.05, 0) is 19.3 Å². The van der Waals surface area contributed by atoms with Crippen LogP contribution in [0.15, 0.2) is 0 Å². The largest absolute Gasteiger partial charge is 0.379 e. The molecule has 2 atom stereocenters. The summed E-state index contributed by atoms with van der Waals surface area (Å²) in [4.78, 5) is 10.5. The molecule has 2 amide bonds. The number of nitrogens with one attached hydrogen (secondary N) is 1. The molecule has 4 heteroatoms. The third kappa shape index (κ3) is 2.08. The van der Waals surface area contributed by atoms with E-state index >= 15 is 0 Å². The fourth-order valence-electron chi connectivity index (χ4n) is 1.56. The van der Waals surface area contributed by atoms with Crippen LogP contribution in [-0.4, -0.2) is 25.3 Å². The van der Waals surface area contributed by atoms with E-state index in [4.69, 9.17) is 10.5 Å². The van der Waals surface area contributed by atoms with E-state index in [1.165, 1.54) is 0 Å². The Kier molecular flexibility index (Phi) is 2.70. The molecule has 1 fully saturated rings. The molecule has 0 bridgehead atoms. The van der Waals surface area contributed by atoms with Crippen molar-refractivity contribution in [2.75, 3.05) is 7.11 Å². The molecule has 4 nitrogen and oxygen atoms in total. The molecule has 0 heterocycles. The lowest BCUT2D eigenvalue weighted by atomic mass is 10.2. The SMILES string of the molecule is COC1CCCC1NC(N)=O. The highest BCUT2D eigenvalue weighted by Crippen LogP contribution is 2.20. The van der Waals surface area contributed by atoms with E-state index in [-0.39, 0.29) is 12.1 Å². The maximum absolute atomic E-state index is 10.5. The van der Waals surface area contributed by atoms with Gasteiger partial charge in [-0.1, -0.05) is 0 Å². The zero-order valence-electron chi connectivity index (χ0n) is 6.67. The number of urea groups is 1. The van der Waals surface area contributed by atoms with E-state index in [1.54, 1.807) is 7.11 Å². The molecule has 0 spiro atoms. The molecule has 1 aliphatic rings. The minimum atomic E-state index is -0.459. The van der Waals surface area contributed by atoms with Gasteiger partial charge in [-0.2, -0.15) is 0 Å². The van der Waals surface area contributed by atoms with E-state index in [0.29, 0.717) is 0 Å². The number of nitrogens with two attached hydrogens (primary N) is 1. The van der Waals surface area contributed by atoms with Crippen LogP contribution < -0.4 is 11.1 Å². The second kappa shape index (κ2) is 3.57. The maximum atomic E-state index is 10.5. The number of hydrogen-bond donors (Lipinski definition) is 2. The summed E-state index contributed by atoms with van der Waals surface area (Å²) in [5.74, 6) is 0. The smallest absolute Gasteiger partial charge is 0.312 e. The molecule has 1 rings (SSSR count). The van der Waals surface area contributed by atoms with Gasteiger partial charge in [-0.3, -0.25) is 0 Å². The number of primary amides is 1. The van der Waals surface area contributed by atoms with Gasteiger partial charge in [0, 0.05) is 7.11 Å². The number of carbonyl (C=O) groups excluding carboxylic acids is 1. The van der Waals surface area contributed by atoms with Gasteiger partial charge in [-0.15, -0.1) is 0 Å². The number of methoxy groups -OCH3 is 1. The predicted molar refractivity (Wildman–Crippen MR) is 41.2 cm³/mol. The summed E-state index contributed by atoms with van der Waals surface area (Å²) < 4.78 is 5.15. The fourth-order valence-corrected chi connectivity index (χ4v) is 1.56. The molecule has 3 N–H and O–H groups in total. The van der Waals surface area contributed by atoms with E-state index in [2.05, 4.69) is 5.32 Å². The highest BCUT2D eigenvalue weighted by atomic mass is 16.5. The highest BCUT2D eigenvalue weighted by Gasteiger charge is 2.27. The molecular weight excluding hydrogens is 144 g/mol. The summed E-state index contributed by atoms with van der Waals surface area (Å²) in [7, 11) is 1.66. The van der Waals surface area contributed by atoms with Crippen molar-refractivity contribution in [1.29, 1.82) is 0 Å². The molecular formula is C7H14N2O2. The number of rotatable bonds is 2. The molecule has 0 aliphatic heterocycles. The summed E-state index contributed by atoms with van der Waals surface area (Å²) in [6.07, 6.45) is 3.24. The first-order valence-corrected chi connectivity index (χ1v) is 3.83. The fraction of sp³-hybridized carbons (Fsp3) is 0.857.